The average Bonchev–Trinajstić information content (AvgIpc) is 3.59. The van der Waals surface area contributed by atoms with Crippen LogP contribution in [-0.2, 0) is 46.4 Å². The van der Waals surface area contributed by atoms with Crippen LogP contribution in [-0.4, -0.2) is 122 Å². The van der Waals surface area contributed by atoms with Gasteiger partial charge in [0.2, 0.25) is 29.5 Å². The zero-order valence-electron chi connectivity index (χ0n) is 27.4. The number of aromatic hydroxyl groups is 1. The van der Waals surface area contributed by atoms with Gasteiger partial charge in [0.25, 0.3) is 0 Å². The van der Waals surface area contributed by atoms with Gasteiger partial charge in [-0.15, -0.1) is 0 Å². The number of likely N-dealkylation sites (tertiary alicyclic amines) is 1. The van der Waals surface area contributed by atoms with E-state index >= 15 is 0 Å². The smallest absolute Gasteiger partial charge is 0.328 e. The highest BCUT2D eigenvalue weighted by molar-refractivity contribution is 7.80. The summed E-state index contributed by atoms with van der Waals surface area (Å²) in [7, 11) is 0. The summed E-state index contributed by atoms with van der Waals surface area (Å²) in [5, 5.41) is 47.2. The van der Waals surface area contributed by atoms with Crippen LogP contribution in [0.4, 0.5) is 0 Å². The molecule has 0 bridgehead atoms. The molecule has 0 radical (unpaired) electrons. The third-order valence-corrected chi connectivity index (χ3v) is 8.45. The van der Waals surface area contributed by atoms with Gasteiger partial charge in [-0.25, -0.2) is 4.79 Å². The second-order valence-electron chi connectivity index (χ2n) is 11.9. The van der Waals surface area contributed by atoms with E-state index in [0.29, 0.717) is 17.5 Å². The van der Waals surface area contributed by atoms with Crippen LogP contribution in [0.3, 0.4) is 0 Å². The Morgan fingerprint density at radius 2 is 1.31 bits per heavy atom. The molecule has 6 atom stereocenters. The Morgan fingerprint density at radius 1 is 0.784 bits per heavy atom. The minimum absolute atomic E-state index is 0.0439. The maximum absolute atomic E-state index is 14.0. The monoisotopic (exact) mass is 730 g/mol. The first kappa shape index (κ1) is 40.2. The van der Waals surface area contributed by atoms with Crippen LogP contribution >= 0.6 is 12.6 Å². The summed E-state index contributed by atoms with van der Waals surface area (Å²) in [5.74, 6) is -7.14. The molecule has 1 aliphatic heterocycles. The van der Waals surface area contributed by atoms with Crippen molar-refractivity contribution in [2.75, 3.05) is 18.9 Å². The van der Waals surface area contributed by atoms with Crippen molar-refractivity contribution in [1.82, 2.24) is 26.2 Å². The zero-order chi connectivity index (χ0) is 37.7. The van der Waals surface area contributed by atoms with Gasteiger partial charge >= 0.3 is 11.9 Å². The quantitative estimate of drug-likeness (QED) is 0.0740. The molecule has 3 rings (SSSR count). The number of carboxylic acids is 2. The highest BCUT2D eigenvalue weighted by Gasteiger charge is 2.39. The van der Waals surface area contributed by atoms with Crippen LogP contribution in [0, 0.1) is 0 Å². The van der Waals surface area contributed by atoms with Crippen LogP contribution in [0.1, 0.15) is 30.4 Å². The molecule has 18 heteroatoms. The molecule has 10 N–H and O–H groups in total. The van der Waals surface area contributed by atoms with E-state index in [1.807, 2.05) is 0 Å². The average molecular weight is 731 g/mol. The van der Waals surface area contributed by atoms with Crippen LogP contribution < -0.4 is 27.0 Å². The maximum Gasteiger partial charge on any atom is 0.328 e. The van der Waals surface area contributed by atoms with Gasteiger partial charge in [0.15, 0.2) is 0 Å². The number of aliphatic hydroxyl groups is 1. The Bertz CT molecular complexity index is 1560. The number of nitrogens with one attached hydrogen (secondary N) is 4. The highest BCUT2D eigenvalue weighted by atomic mass is 32.1. The molecule has 1 aliphatic rings. The Morgan fingerprint density at radius 3 is 1.86 bits per heavy atom. The van der Waals surface area contributed by atoms with Crippen molar-refractivity contribution in [2.24, 2.45) is 5.73 Å². The number of phenols is 1. The van der Waals surface area contributed by atoms with Crippen molar-refractivity contribution in [3.63, 3.8) is 0 Å². The van der Waals surface area contributed by atoms with E-state index in [1.165, 1.54) is 29.2 Å². The first-order valence-corrected chi connectivity index (χ1v) is 16.6. The number of nitrogens with two attached hydrogens (primary N) is 1. The summed E-state index contributed by atoms with van der Waals surface area (Å²) in [4.78, 5) is 90.5. The van der Waals surface area contributed by atoms with Crippen LogP contribution in [0.25, 0.3) is 0 Å². The lowest BCUT2D eigenvalue weighted by Crippen LogP contribution is -2.60. The second kappa shape index (κ2) is 19.3. The van der Waals surface area contributed by atoms with Crippen LogP contribution in [0.5, 0.6) is 5.75 Å². The number of nitrogens with zero attached hydrogens (tertiary/aromatic N) is 1. The van der Waals surface area contributed by atoms with Crippen molar-refractivity contribution in [2.45, 2.75) is 68.4 Å². The van der Waals surface area contributed by atoms with Crippen LogP contribution in [0.2, 0.25) is 0 Å². The summed E-state index contributed by atoms with van der Waals surface area (Å²) in [6, 6.07) is 6.27. The summed E-state index contributed by atoms with van der Waals surface area (Å²) in [6.07, 6.45) is -0.187. The van der Waals surface area contributed by atoms with Crippen LogP contribution in [0.15, 0.2) is 54.6 Å². The van der Waals surface area contributed by atoms with Crippen molar-refractivity contribution in [3.05, 3.63) is 65.7 Å². The molecule has 51 heavy (non-hydrogen) atoms. The predicted molar refractivity (Wildman–Crippen MR) is 183 cm³/mol. The van der Waals surface area contributed by atoms with Gasteiger partial charge in [-0.05, 0) is 36.1 Å². The fourth-order valence-corrected chi connectivity index (χ4v) is 5.65. The lowest BCUT2D eigenvalue weighted by Gasteiger charge is -2.29. The van der Waals surface area contributed by atoms with Gasteiger partial charge in [-0.3, -0.25) is 28.8 Å². The van der Waals surface area contributed by atoms with Gasteiger partial charge in [0, 0.05) is 25.1 Å². The molecular formula is C33H42N6O11S. The Hall–Kier alpha value is -5.20. The number of hydrogen-bond donors (Lipinski definition) is 10. The largest absolute Gasteiger partial charge is 0.508 e. The van der Waals surface area contributed by atoms with Gasteiger partial charge < -0.3 is 52.3 Å². The van der Waals surface area contributed by atoms with E-state index in [1.54, 1.807) is 30.3 Å². The van der Waals surface area contributed by atoms with Crippen molar-refractivity contribution in [3.8, 4) is 5.75 Å². The number of carbonyl (C=O) groups is 7. The zero-order valence-corrected chi connectivity index (χ0v) is 28.3. The van der Waals surface area contributed by atoms with E-state index < -0.39 is 90.8 Å². The molecule has 0 saturated carbocycles. The van der Waals surface area contributed by atoms with E-state index in [-0.39, 0.29) is 37.3 Å². The molecule has 1 fully saturated rings. The number of hydrogen-bond acceptors (Lipinski definition) is 11. The molecule has 17 nitrogen and oxygen atoms in total. The Kier molecular flexibility index (Phi) is 15.2. The van der Waals surface area contributed by atoms with Crippen molar-refractivity contribution in [1.29, 1.82) is 0 Å². The van der Waals surface area contributed by atoms with Gasteiger partial charge in [0.05, 0.1) is 19.1 Å². The molecule has 0 aliphatic carbocycles. The first-order valence-electron chi connectivity index (χ1n) is 16.0. The van der Waals surface area contributed by atoms with Crippen molar-refractivity contribution >= 4 is 54.1 Å². The number of carboxylic acid groups (broad SMARTS) is 2. The fourth-order valence-electron chi connectivity index (χ4n) is 5.39. The summed E-state index contributed by atoms with van der Waals surface area (Å²) in [5.41, 5.74) is 6.92. The van der Waals surface area contributed by atoms with E-state index in [0.717, 1.165) is 0 Å². The maximum atomic E-state index is 14.0. The Labute approximate surface area is 298 Å². The number of amides is 5. The molecule has 1 heterocycles. The molecule has 0 spiro atoms. The first-order chi connectivity index (χ1) is 24.2. The van der Waals surface area contributed by atoms with Gasteiger partial charge in [-0.1, -0.05) is 42.5 Å². The third kappa shape index (κ3) is 12.0. The standard InChI is InChI=1S/C33H42N6O11S/c34-21(15-27(42)43)32(48)39-12-4-7-26(39)31(47)36-23(14-19-8-10-20(41)11-9-19)28(44)35-22(13-18-5-2-1-3-6-18)29(45)38-25(17-51)30(46)37-24(16-40)33(49)50/h1-3,5-6,8-11,21-26,40-41,51H,4,7,12-17,34H2,(H,35,44)(H,36,47)(H,37,46)(H,38,45)(H,42,43)(H,49,50)/t21-,22-,23-,24-,25-,26-/m0/s1. The molecule has 1 saturated heterocycles. The molecular weight excluding hydrogens is 688 g/mol. The minimum Gasteiger partial charge on any atom is -0.508 e. The van der Waals surface area contributed by atoms with Gasteiger partial charge in [-0.2, -0.15) is 12.6 Å². The normalized spacial score (nSPS) is 16.8. The summed E-state index contributed by atoms with van der Waals surface area (Å²) >= 11 is 4.09. The second-order valence-corrected chi connectivity index (χ2v) is 12.3. The molecule has 5 amide bonds. The number of aliphatic carboxylic acids is 2. The molecule has 0 unspecified atom stereocenters. The number of aliphatic hydroxyl groups excluding tert-OH is 1. The Balaban J connectivity index is 1.87. The number of benzene rings is 2. The highest BCUT2D eigenvalue weighted by Crippen LogP contribution is 2.20. The third-order valence-electron chi connectivity index (χ3n) is 8.09. The summed E-state index contributed by atoms with van der Waals surface area (Å²) < 4.78 is 0. The fraction of sp³-hybridized carbons (Fsp3) is 0.424. The number of rotatable bonds is 18. The molecule has 2 aromatic carbocycles. The topological polar surface area (TPSA) is 278 Å². The summed E-state index contributed by atoms with van der Waals surface area (Å²) in [6.45, 7) is -0.763. The van der Waals surface area contributed by atoms with E-state index in [4.69, 9.17) is 10.8 Å². The van der Waals surface area contributed by atoms with Crippen molar-refractivity contribution < 1.29 is 54.0 Å². The number of carbonyl (C=O) groups excluding carboxylic acids is 5. The SMILES string of the molecule is N[C@@H](CC(=O)O)C(=O)N1CCC[C@H]1C(=O)N[C@@H](Cc1ccc(O)cc1)C(=O)N[C@@H](Cc1ccccc1)C(=O)N[C@@H](CS)C(=O)N[C@@H](CO)C(=O)O. The van der Waals surface area contributed by atoms with E-state index in [2.05, 4.69) is 33.9 Å². The lowest BCUT2D eigenvalue weighted by molar-refractivity contribution is -0.144. The minimum atomic E-state index is -1.64. The predicted octanol–water partition coefficient (Wildman–Crippen LogP) is -2.08. The number of thiol groups is 1. The lowest BCUT2D eigenvalue weighted by atomic mass is 10.0. The molecule has 276 valence electrons. The van der Waals surface area contributed by atoms with Gasteiger partial charge in [0.1, 0.15) is 36.0 Å². The molecule has 2 aromatic rings. The number of phenolic OH excluding ortho intramolecular Hbond substituents is 1. The molecule has 0 aromatic heterocycles. The van der Waals surface area contributed by atoms with E-state index in [9.17, 15) is 48.9 Å².